The standard InChI is InChI=1S/C15H17ClN4O3/c1-9-13(21)17-4-6-19(9)14(22)11-8-10(2-3-12(11)16)20-7-5-18-15(20)23/h2-3,8-9H,4-7H2,1H3,(H,17,21)(H,18,23). The fourth-order valence-corrected chi connectivity index (χ4v) is 2.98. The molecule has 0 spiro atoms. The monoisotopic (exact) mass is 336 g/mol. The Labute approximate surface area is 138 Å². The van der Waals surface area contributed by atoms with Gasteiger partial charge in [0.25, 0.3) is 5.91 Å². The lowest BCUT2D eigenvalue weighted by Gasteiger charge is -2.33. The van der Waals surface area contributed by atoms with E-state index in [-0.39, 0.29) is 17.8 Å². The molecule has 1 aromatic carbocycles. The Bertz CT molecular complexity index is 679. The molecule has 2 aliphatic rings. The molecule has 23 heavy (non-hydrogen) atoms. The van der Waals surface area contributed by atoms with Gasteiger partial charge in [0.05, 0.1) is 10.6 Å². The maximum Gasteiger partial charge on any atom is 0.321 e. The molecule has 2 heterocycles. The van der Waals surface area contributed by atoms with Gasteiger partial charge < -0.3 is 15.5 Å². The first kappa shape index (κ1) is 15.6. The molecule has 122 valence electrons. The average molecular weight is 337 g/mol. The molecule has 0 radical (unpaired) electrons. The van der Waals surface area contributed by atoms with Gasteiger partial charge in [0, 0.05) is 31.9 Å². The third kappa shape index (κ3) is 2.84. The summed E-state index contributed by atoms with van der Waals surface area (Å²) in [6.07, 6.45) is 0. The molecule has 4 amide bonds. The Morgan fingerprint density at radius 1 is 1.22 bits per heavy atom. The molecule has 7 nitrogen and oxygen atoms in total. The van der Waals surface area contributed by atoms with Gasteiger partial charge in [-0.15, -0.1) is 0 Å². The number of urea groups is 1. The van der Waals surface area contributed by atoms with Crippen LogP contribution >= 0.6 is 11.6 Å². The number of rotatable bonds is 2. The molecule has 1 atom stereocenters. The van der Waals surface area contributed by atoms with Crippen molar-refractivity contribution < 1.29 is 14.4 Å². The number of amides is 4. The molecule has 2 saturated heterocycles. The molecule has 0 aliphatic carbocycles. The van der Waals surface area contributed by atoms with Gasteiger partial charge in [-0.1, -0.05) is 11.6 Å². The first-order chi connectivity index (χ1) is 11.0. The third-order valence-corrected chi connectivity index (χ3v) is 4.44. The smallest absolute Gasteiger partial charge is 0.321 e. The highest BCUT2D eigenvalue weighted by atomic mass is 35.5. The quantitative estimate of drug-likeness (QED) is 0.839. The Hall–Kier alpha value is -2.28. The van der Waals surface area contributed by atoms with Crippen molar-refractivity contribution in [2.45, 2.75) is 13.0 Å². The summed E-state index contributed by atoms with van der Waals surface area (Å²) >= 11 is 6.17. The second-order valence-electron chi connectivity index (χ2n) is 5.51. The summed E-state index contributed by atoms with van der Waals surface area (Å²) in [7, 11) is 0. The van der Waals surface area contributed by atoms with Crippen LogP contribution in [0.15, 0.2) is 18.2 Å². The molecule has 2 aliphatic heterocycles. The number of benzene rings is 1. The second-order valence-corrected chi connectivity index (χ2v) is 5.92. The Morgan fingerprint density at radius 2 is 1.96 bits per heavy atom. The molecular weight excluding hydrogens is 320 g/mol. The number of halogens is 1. The van der Waals surface area contributed by atoms with E-state index in [2.05, 4.69) is 10.6 Å². The molecule has 0 bridgehead atoms. The number of anilines is 1. The summed E-state index contributed by atoms with van der Waals surface area (Å²) in [6.45, 7) is 3.63. The lowest BCUT2D eigenvalue weighted by molar-refractivity contribution is -0.127. The van der Waals surface area contributed by atoms with Crippen molar-refractivity contribution >= 4 is 35.1 Å². The van der Waals surface area contributed by atoms with Gasteiger partial charge in [-0.2, -0.15) is 0 Å². The van der Waals surface area contributed by atoms with Gasteiger partial charge in [-0.3, -0.25) is 14.5 Å². The van der Waals surface area contributed by atoms with Crippen molar-refractivity contribution in [2.24, 2.45) is 0 Å². The highest BCUT2D eigenvalue weighted by molar-refractivity contribution is 6.34. The van der Waals surface area contributed by atoms with E-state index in [9.17, 15) is 14.4 Å². The van der Waals surface area contributed by atoms with Crippen molar-refractivity contribution in [3.8, 4) is 0 Å². The van der Waals surface area contributed by atoms with E-state index in [1.165, 1.54) is 4.90 Å². The van der Waals surface area contributed by atoms with Crippen LogP contribution < -0.4 is 15.5 Å². The first-order valence-electron chi connectivity index (χ1n) is 7.42. The zero-order chi connectivity index (χ0) is 16.6. The highest BCUT2D eigenvalue weighted by Gasteiger charge is 2.31. The molecule has 3 rings (SSSR count). The SMILES string of the molecule is CC1C(=O)NCCN1C(=O)c1cc(N2CCNC2=O)ccc1Cl. The summed E-state index contributed by atoms with van der Waals surface area (Å²) in [6, 6.07) is 4.16. The first-order valence-corrected chi connectivity index (χ1v) is 7.80. The number of hydrogen-bond acceptors (Lipinski definition) is 3. The van der Waals surface area contributed by atoms with Crippen molar-refractivity contribution in [3.63, 3.8) is 0 Å². The van der Waals surface area contributed by atoms with Crippen molar-refractivity contribution in [1.82, 2.24) is 15.5 Å². The third-order valence-electron chi connectivity index (χ3n) is 4.11. The lowest BCUT2D eigenvalue weighted by atomic mass is 10.1. The van der Waals surface area contributed by atoms with Crippen LogP contribution in [0.4, 0.5) is 10.5 Å². The largest absolute Gasteiger partial charge is 0.353 e. The summed E-state index contributed by atoms with van der Waals surface area (Å²) in [5, 5.41) is 5.73. The van der Waals surface area contributed by atoms with Crippen LogP contribution in [0, 0.1) is 0 Å². The molecule has 2 fully saturated rings. The fraction of sp³-hybridized carbons (Fsp3) is 0.400. The zero-order valence-corrected chi connectivity index (χ0v) is 13.4. The molecule has 0 aromatic heterocycles. The molecular formula is C15H17ClN4O3. The fourth-order valence-electron chi connectivity index (χ4n) is 2.78. The van der Waals surface area contributed by atoms with E-state index in [1.54, 1.807) is 30.0 Å². The van der Waals surface area contributed by atoms with Gasteiger partial charge in [-0.25, -0.2) is 4.79 Å². The van der Waals surface area contributed by atoms with Crippen molar-refractivity contribution in [1.29, 1.82) is 0 Å². The van der Waals surface area contributed by atoms with Crippen LogP contribution in [0.2, 0.25) is 5.02 Å². The van der Waals surface area contributed by atoms with E-state index in [0.717, 1.165) is 0 Å². The predicted octanol–water partition coefficient (Wildman–Crippen LogP) is 0.830. The van der Waals surface area contributed by atoms with E-state index in [4.69, 9.17) is 11.6 Å². The molecule has 1 unspecified atom stereocenters. The number of carbonyl (C=O) groups is 3. The zero-order valence-electron chi connectivity index (χ0n) is 12.6. The van der Waals surface area contributed by atoms with Gasteiger partial charge in [0.15, 0.2) is 0 Å². The summed E-state index contributed by atoms with van der Waals surface area (Å²) in [5.74, 6) is -0.491. The minimum atomic E-state index is -0.550. The van der Waals surface area contributed by atoms with Crippen LogP contribution in [0.25, 0.3) is 0 Å². The van der Waals surface area contributed by atoms with E-state index in [0.29, 0.717) is 42.5 Å². The van der Waals surface area contributed by atoms with Crippen LogP contribution in [0.5, 0.6) is 0 Å². The average Bonchev–Trinajstić information content (AvgIpc) is 2.96. The number of nitrogens with one attached hydrogen (secondary N) is 2. The Kier molecular flexibility index (Phi) is 4.12. The van der Waals surface area contributed by atoms with Gasteiger partial charge in [0.2, 0.25) is 5.91 Å². The number of hydrogen-bond donors (Lipinski definition) is 2. The number of nitrogens with zero attached hydrogens (tertiary/aromatic N) is 2. The van der Waals surface area contributed by atoms with Gasteiger partial charge in [-0.05, 0) is 25.1 Å². The number of piperazine rings is 1. The summed E-state index contributed by atoms with van der Waals surface area (Å²) < 4.78 is 0. The van der Waals surface area contributed by atoms with E-state index < -0.39 is 6.04 Å². The maximum absolute atomic E-state index is 12.8. The van der Waals surface area contributed by atoms with Gasteiger partial charge >= 0.3 is 6.03 Å². The van der Waals surface area contributed by atoms with Gasteiger partial charge in [0.1, 0.15) is 6.04 Å². The highest BCUT2D eigenvalue weighted by Crippen LogP contribution is 2.26. The lowest BCUT2D eigenvalue weighted by Crippen LogP contribution is -2.55. The van der Waals surface area contributed by atoms with E-state index >= 15 is 0 Å². The second kappa shape index (κ2) is 6.08. The van der Waals surface area contributed by atoms with Crippen LogP contribution in [-0.2, 0) is 4.79 Å². The van der Waals surface area contributed by atoms with Crippen molar-refractivity contribution in [2.75, 3.05) is 31.1 Å². The normalized spacial score (nSPS) is 21.2. The van der Waals surface area contributed by atoms with Crippen molar-refractivity contribution in [3.05, 3.63) is 28.8 Å². The minimum Gasteiger partial charge on any atom is -0.353 e. The predicted molar refractivity (Wildman–Crippen MR) is 85.7 cm³/mol. The maximum atomic E-state index is 12.8. The summed E-state index contributed by atoms with van der Waals surface area (Å²) in [5.41, 5.74) is 0.910. The summed E-state index contributed by atoms with van der Waals surface area (Å²) in [4.78, 5) is 39.3. The minimum absolute atomic E-state index is 0.184. The molecule has 2 N–H and O–H groups in total. The van der Waals surface area contributed by atoms with E-state index in [1.807, 2.05) is 0 Å². The number of carbonyl (C=O) groups excluding carboxylic acids is 3. The Balaban J connectivity index is 1.90. The molecule has 8 heteroatoms. The van der Waals surface area contributed by atoms with Crippen LogP contribution in [0.3, 0.4) is 0 Å². The Morgan fingerprint density at radius 3 is 2.65 bits per heavy atom. The topological polar surface area (TPSA) is 81.8 Å². The van der Waals surface area contributed by atoms with Crippen LogP contribution in [0.1, 0.15) is 17.3 Å². The molecule has 1 aromatic rings. The van der Waals surface area contributed by atoms with Crippen LogP contribution in [-0.4, -0.2) is 55.0 Å². The molecule has 0 saturated carbocycles.